The molecule has 3 nitrogen and oxygen atoms in total. The number of benzene rings is 1. The van der Waals surface area contributed by atoms with Crippen LogP contribution in [0, 0.1) is 19.8 Å². The minimum atomic E-state index is 0.391. The maximum absolute atomic E-state index is 9.70. The minimum Gasteiger partial charge on any atom is -0.508 e. The lowest BCUT2D eigenvalue weighted by atomic mass is 9.93. The van der Waals surface area contributed by atoms with Crippen molar-refractivity contribution >= 4 is 0 Å². The van der Waals surface area contributed by atoms with Crippen molar-refractivity contribution in [2.45, 2.75) is 26.3 Å². The van der Waals surface area contributed by atoms with Gasteiger partial charge in [0.2, 0.25) is 0 Å². The van der Waals surface area contributed by atoms with Crippen LogP contribution in [-0.2, 0) is 0 Å². The molecule has 1 fully saturated rings. The first-order valence-corrected chi connectivity index (χ1v) is 6.24. The molecule has 0 aromatic heterocycles. The van der Waals surface area contributed by atoms with Crippen molar-refractivity contribution in [3.63, 3.8) is 0 Å². The summed E-state index contributed by atoms with van der Waals surface area (Å²) in [5.41, 5.74) is 9.29. The third-order valence-electron chi connectivity index (χ3n) is 4.13. The predicted octanol–water partition coefficient (Wildman–Crippen LogP) is 1.96. The first kappa shape index (κ1) is 12.4. The molecule has 1 heterocycles. The fraction of sp³-hybridized carbons (Fsp3) is 0.571. The molecule has 0 saturated carbocycles. The fourth-order valence-electron chi connectivity index (χ4n) is 2.83. The minimum absolute atomic E-state index is 0.391. The van der Waals surface area contributed by atoms with Gasteiger partial charge in [0.25, 0.3) is 0 Å². The van der Waals surface area contributed by atoms with Gasteiger partial charge in [-0.2, -0.15) is 0 Å². The smallest absolute Gasteiger partial charge is 0.118 e. The Morgan fingerprint density at radius 3 is 2.65 bits per heavy atom. The predicted molar refractivity (Wildman–Crippen MR) is 70.1 cm³/mol. The van der Waals surface area contributed by atoms with Gasteiger partial charge in [-0.3, -0.25) is 4.90 Å². The van der Waals surface area contributed by atoms with Gasteiger partial charge in [0.05, 0.1) is 0 Å². The number of rotatable bonds is 2. The van der Waals surface area contributed by atoms with E-state index in [4.69, 9.17) is 5.73 Å². The van der Waals surface area contributed by atoms with Crippen LogP contribution in [-0.4, -0.2) is 30.1 Å². The highest BCUT2D eigenvalue weighted by Gasteiger charge is 2.30. The van der Waals surface area contributed by atoms with Gasteiger partial charge in [0, 0.05) is 12.6 Å². The Balaban J connectivity index is 2.32. The zero-order valence-corrected chi connectivity index (χ0v) is 10.9. The van der Waals surface area contributed by atoms with Crippen LogP contribution in [0.4, 0.5) is 0 Å². The lowest BCUT2D eigenvalue weighted by Gasteiger charge is -2.22. The van der Waals surface area contributed by atoms with Gasteiger partial charge in [-0.25, -0.2) is 0 Å². The van der Waals surface area contributed by atoms with Gasteiger partial charge in [-0.1, -0.05) is 6.07 Å². The van der Waals surface area contributed by atoms with Crippen molar-refractivity contribution in [2.24, 2.45) is 11.7 Å². The highest BCUT2D eigenvalue weighted by molar-refractivity contribution is 5.44. The summed E-state index contributed by atoms with van der Waals surface area (Å²) in [4.78, 5) is 2.37. The number of aromatic hydroxyl groups is 1. The number of hydrogen-bond acceptors (Lipinski definition) is 3. The van der Waals surface area contributed by atoms with Gasteiger partial charge in [-0.15, -0.1) is 0 Å². The van der Waals surface area contributed by atoms with Crippen LogP contribution in [0.15, 0.2) is 12.1 Å². The maximum Gasteiger partial charge on any atom is 0.118 e. The number of nitrogens with zero attached hydrogens (tertiary/aromatic N) is 1. The monoisotopic (exact) mass is 234 g/mol. The number of phenolic OH excluding ortho intramolecular Hbond substituents is 1. The van der Waals surface area contributed by atoms with Gasteiger partial charge >= 0.3 is 0 Å². The molecule has 2 atom stereocenters. The van der Waals surface area contributed by atoms with Crippen LogP contribution in [0.25, 0.3) is 0 Å². The molecule has 1 aliphatic rings. The molecular weight excluding hydrogens is 212 g/mol. The normalized spacial score (nSPS) is 25.4. The lowest BCUT2D eigenvalue weighted by Crippen LogP contribution is -2.21. The third-order valence-corrected chi connectivity index (χ3v) is 4.13. The molecule has 1 aromatic carbocycles. The van der Waals surface area contributed by atoms with Gasteiger partial charge < -0.3 is 10.8 Å². The average Bonchev–Trinajstić information content (AvgIpc) is 2.68. The number of likely N-dealkylation sites (tertiary alicyclic amines) is 1. The van der Waals surface area contributed by atoms with E-state index in [1.54, 1.807) is 6.07 Å². The second kappa shape index (κ2) is 4.67. The van der Waals surface area contributed by atoms with Crippen molar-refractivity contribution < 1.29 is 5.11 Å². The van der Waals surface area contributed by atoms with Crippen LogP contribution >= 0.6 is 0 Å². The first-order chi connectivity index (χ1) is 8.04. The topological polar surface area (TPSA) is 49.5 Å². The number of hydrogen-bond donors (Lipinski definition) is 2. The Hall–Kier alpha value is -1.06. The summed E-state index contributed by atoms with van der Waals surface area (Å²) in [6, 6.07) is 4.31. The van der Waals surface area contributed by atoms with E-state index in [2.05, 4.69) is 24.9 Å². The third kappa shape index (κ3) is 2.17. The van der Waals surface area contributed by atoms with E-state index in [0.717, 1.165) is 25.1 Å². The van der Waals surface area contributed by atoms with E-state index >= 15 is 0 Å². The molecule has 0 aliphatic carbocycles. The average molecular weight is 234 g/mol. The summed E-state index contributed by atoms with van der Waals surface area (Å²) < 4.78 is 0. The second-order valence-corrected chi connectivity index (χ2v) is 5.22. The maximum atomic E-state index is 9.70. The van der Waals surface area contributed by atoms with Gasteiger partial charge in [0.15, 0.2) is 0 Å². The largest absolute Gasteiger partial charge is 0.508 e. The molecule has 94 valence electrons. The Morgan fingerprint density at radius 2 is 2.06 bits per heavy atom. The number of phenols is 1. The first-order valence-electron chi connectivity index (χ1n) is 6.24. The van der Waals surface area contributed by atoms with Crippen LogP contribution in [0.1, 0.15) is 29.2 Å². The molecule has 0 radical (unpaired) electrons. The lowest BCUT2D eigenvalue weighted by molar-refractivity contribution is 0.312. The van der Waals surface area contributed by atoms with Crippen LogP contribution in [0.3, 0.4) is 0 Å². The van der Waals surface area contributed by atoms with Crippen LogP contribution in [0.2, 0.25) is 0 Å². The highest BCUT2D eigenvalue weighted by Crippen LogP contribution is 2.37. The van der Waals surface area contributed by atoms with E-state index in [1.807, 2.05) is 6.92 Å². The van der Waals surface area contributed by atoms with E-state index in [-0.39, 0.29) is 0 Å². The molecule has 2 unspecified atom stereocenters. The second-order valence-electron chi connectivity index (χ2n) is 5.22. The summed E-state index contributed by atoms with van der Waals surface area (Å²) in [6.45, 7) is 5.90. The molecule has 1 saturated heterocycles. The van der Waals surface area contributed by atoms with Gasteiger partial charge in [-0.05, 0) is 62.5 Å². The Morgan fingerprint density at radius 1 is 1.35 bits per heavy atom. The zero-order chi connectivity index (χ0) is 12.6. The Kier molecular flexibility index (Phi) is 3.40. The molecule has 0 spiro atoms. The van der Waals surface area contributed by atoms with E-state index in [0.29, 0.717) is 17.7 Å². The van der Waals surface area contributed by atoms with E-state index < -0.39 is 0 Å². The summed E-state index contributed by atoms with van der Waals surface area (Å²) in [5, 5.41) is 9.70. The molecule has 3 N–H and O–H groups in total. The fourth-order valence-corrected chi connectivity index (χ4v) is 2.83. The summed E-state index contributed by atoms with van der Waals surface area (Å²) >= 11 is 0. The van der Waals surface area contributed by atoms with Crippen LogP contribution < -0.4 is 5.73 Å². The Labute approximate surface area is 103 Å². The van der Waals surface area contributed by atoms with Crippen molar-refractivity contribution in [1.29, 1.82) is 0 Å². The van der Waals surface area contributed by atoms with Crippen LogP contribution in [0.5, 0.6) is 5.75 Å². The quantitative estimate of drug-likeness (QED) is 0.822. The number of nitrogens with two attached hydrogens (primary N) is 1. The van der Waals surface area contributed by atoms with E-state index in [1.165, 1.54) is 11.1 Å². The van der Waals surface area contributed by atoms with Gasteiger partial charge in [0.1, 0.15) is 5.75 Å². The molecular formula is C14H22N2O. The van der Waals surface area contributed by atoms with Crippen molar-refractivity contribution in [1.82, 2.24) is 4.90 Å². The molecule has 3 heteroatoms. The molecule has 0 bridgehead atoms. The molecule has 0 amide bonds. The standard InChI is InChI=1S/C14H22N2O/c1-9-10(2)14(17)5-4-12(9)13-6-11(7-15)8-16(13)3/h4-5,11,13,17H,6-8,15H2,1-3H3. The van der Waals surface area contributed by atoms with E-state index in [9.17, 15) is 5.11 Å². The molecule has 17 heavy (non-hydrogen) atoms. The summed E-state index contributed by atoms with van der Waals surface area (Å²) in [5.74, 6) is 0.987. The molecule has 1 aromatic rings. The van der Waals surface area contributed by atoms with Crippen molar-refractivity contribution in [3.05, 3.63) is 28.8 Å². The summed E-state index contributed by atoms with van der Waals surface area (Å²) in [7, 11) is 2.15. The van der Waals surface area contributed by atoms with Crippen molar-refractivity contribution in [2.75, 3.05) is 20.1 Å². The zero-order valence-electron chi connectivity index (χ0n) is 10.9. The molecule has 1 aliphatic heterocycles. The summed E-state index contributed by atoms with van der Waals surface area (Å²) in [6.07, 6.45) is 1.12. The SMILES string of the molecule is Cc1c(O)ccc(C2CC(CN)CN2C)c1C. The highest BCUT2D eigenvalue weighted by atomic mass is 16.3. The Bertz CT molecular complexity index is 417. The molecule has 2 rings (SSSR count). The van der Waals surface area contributed by atoms with Crippen molar-refractivity contribution in [3.8, 4) is 5.75 Å².